The Balaban J connectivity index is 1.58. The molecule has 0 spiro atoms. The Morgan fingerprint density at radius 1 is 1.20 bits per heavy atom. The van der Waals surface area contributed by atoms with E-state index >= 15 is 0 Å². The third-order valence-electron chi connectivity index (χ3n) is 5.34. The number of carbonyl (C=O) groups is 1. The molecule has 1 aromatic heterocycles. The summed E-state index contributed by atoms with van der Waals surface area (Å²) in [5, 5.41) is 12.6. The van der Waals surface area contributed by atoms with Crippen molar-refractivity contribution in [2.75, 3.05) is 5.75 Å². The number of hydrogen-bond acceptors (Lipinski definition) is 5. The number of ether oxygens (including phenoxy) is 1. The van der Waals surface area contributed by atoms with Crippen molar-refractivity contribution in [3.8, 4) is 5.75 Å². The summed E-state index contributed by atoms with van der Waals surface area (Å²) in [6.07, 6.45) is 6.92. The molecule has 1 fully saturated rings. The number of aromatic nitrogens is 3. The quantitative estimate of drug-likeness (QED) is 0.557. The van der Waals surface area contributed by atoms with Gasteiger partial charge in [0, 0.05) is 12.6 Å². The van der Waals surface area contributed by atoms with E-state index in [0.717, 1.165) is 42.5 Å². The third kappa shape index (κ3) is 6.76. The molecule has 0 atom stereocenters. The lowest BCUT2D eigenvalue weighted by Gasteiger charge is -2.22. The van der Waals surface area contributed by atoms with Crippen molar-refractivity contribution in [3.05, 3.63) is 35.7 Å². The molecule has 2 aromatic rings. The predicted molar refractivity (Wildman–Crippen MR) is 121 cm³/mol. The molecule has 0 aliphatic heterocycles. The maximum atomic E-state index is 12.4. The third-order valence-corrected chi connectivity index (χ3v) is 6.31. The van der Waals surface area contributed by atoms with Crippen LogP contribution in [0.5, 0.6) is 5.75 Å². The molecule has 0 saturated heterocycles. The molecule has 1 amide bonds. The van der Waals surface area contributed by atoms with Gasteiger partial charge < -0.3 is 14.6 Å². The second kappa shape index (κ2) is 11.4. The lowest BCUT2D eigenvalue weighted by molar-refractivity contribution is -0.119. The Kier molecular flexibility index (Phi) is 8.61. The molecule has 164 valence electrons. The number of amides is 1. The number of hydrogen-bond donors (Lipinski definition) is 1. The molecular formula is C23H34N4O2S. The van der Waals surface area contributed by atoms with Crippen LogP contribution in [0.15, 0.2) is 29.4 Å². The minimum absolute atomic E-state index is 0.0832. The minimum atomic E-state index is 0.0832. The van der Waals surface area contributed by atoms with Gasteiger partial charge in [0.2, 0.25) is 5.91 Å². The summed E-state index contributed by atoms with van der Waals surface area (Å²) >= 11 is 1.45. The molecule has 30 heavy (non-hydrogen) atoms. The standard InChI is InChI=1S/C23H34N4O2S/c1-4-18-10-12-20(13-11-18)29-15-21-25-26-23(27(21)14-17(2)3)30-16-22(28)24-19-8-6-5-7-9-19/h10-13,17,19H,4-9,14-16H2,1-3H3,(H,24,28). The SMILES string of the molecule is CCc1ccc(OCc2nnc(SCC(=O)NC3CCCCC3)n2CC(C)C)cc1. The second-order valence-electron chi connectivity index (χ2n) is 8.38. The molecule has 1 saturated carbocycles. The first-order valence-corrected chi connectivity index (χ1v) is 12.1. The van der Waals surface area contributed by atoms with Gasteiger partial charge in [0.15, 0.2) is 11.0 Å². The number of aryl methyl sites for hydroxylation is 1. The van der Waals surface area contributed by atoms with E-state index in [-0.39, 0.29) is 5.91 Å². The first kappa shape index (κ1) is 22.7. The van der Waals surface area contributed by atoms with Crippen LogP contribution in [-0.2, 0) is 24.4 Å². The molecule has 1 N–H and O–H groups in total. The van der Waals surface area contributed by atoms with Crippen LogP contribution in [0.1, 0.15) is 64.3 Å². The Hall–Kier alpha value is -2.02. The number of benzene rings is 1. The number of nitrogens with one attached hydrogen (secondary N) is 1. The smallest absolute Gasteiger partial charge is 0.230 e. The van der Waals surface area contributed by atoms with Gasteiger partial charge >= 0.3 is 0 Å². The molecule has 6 nitrogen and oxygen atoms in total. The molecule has 0 radical (unpaired) electrons. The van der Waals surface area contributed by atoms with E-state index in [1.54, 1.807) is 0 Å². The Labute approximate surface area is 184 Å². The Bertz CT molecular complexity index is 798. The molecule has 1 aromatic carbocycles. The molecule has 1 aliphatic rings. The van der Waals surface area contributed by atoms with Gasteiger partial charge in [-0.05, 0) is 42.9 Å². The van der Waals surface area contributed by atoms with E-state index in [0.29, 0.717) is 24.3 Å². The maximum Gasteiger partial charge on any atom is 0.230 e. The molecule has 3 rings (SSSR count). The summed E-state index contributed by atoms with van der Waals surface area (Å²) in [6.45, 7) is 7.63. The zero-order valence-corrected chi connectivity index (χ0v) is 19.2. The largest absolute Gasteiger partial charge is 0.486 e. The zero-order valence-electron chi connectivity index (χ0n) is 18.4. The van der Waals surface area contributed by atoms with Crippen LogP contribution < -0.4 is 10.1 Å². The molecular weight excluding hydrogens is 396 g/mol. The summed E-state index contributed by atoms with van der Waals surface area (Å²) in [4.78, 5) is 12.4. The molecule has 7 heteroatoms. The highest BCUT2D eigenvalue weighted by Crippen LogP contribution is 2.21. The Morgan fingerprint density at radius 3 is 2.60 bits per heavy atom. The van der Waals surface area contributed by atoms with Crippen molar-refractivity contribution < 1.29 is 9.53 Å². The normalized spacial score (nSPS) is 14.8. The molecule has 1 aliphatic carbocycles. The Morgan fingerprint density at radius 2 is 1.93 bits per heavy atom. The molecule has 0 unspecified atom stereocenters. The first-order chi connectivity index (χ1) is 14.5. The van der Waals surface area contributed by atoms with Crippen LogP contribution in [0.3, 0.4) is 0 Å². The average Bonchev–Trinajstić information content (AvgIpc) is 3.12. The zero-order chi connectivity index (χ0) is 21.3. The van der Waals surface area contributed by atoms with E-state index in [2.05, 4.69) is 53.0 Å². The van der Waals surface area contributed by atoms with Crippen LogP contribution in [0.25, 0.3) is 0 Å². The van der Waals surface area contributed by atoms with Crippen molar-refractivity contribution in [2.24, 2.45) is 5.92 Å². The fourth-order valence-electron chi connectivity index (χ4n) is 3.70. The first-order valence-electron chi connectivity index (χ1n) is 11.1. The van der Waals surface area contributed by atoms with Gasteiger partial charge in [0.25, 0.3) is 0 Å². The van der Waals surface area contributed by atoms with Gasteiger partial charge in [-0.2, -0.15) is 0 Å². The van der Waals surface area contributed by atoms with Crippen LogP contribution in [0.4, 0.5) is 0 Å². The number of thioether (sulfide) groups is 1. The van der Waals surface area contributed by atoms with Gasteiger partial charge in [-0.25, -0.2) is 0 Å². The summed E-state index contributed by atoms with van der Waals surface area (Å²) in [6, 6.07) is 8.49. The average molecular weight is 431 g/mol. The van der Waals surface area contributed by atoms with E-state index in [1.165, 1.54) is 36.6 Å². The molecule has 1 heterocycles. The van der Waals surface area contributed by atoms with Crippen LogP contribution >= 0.6 is 11.8 Å². The summed E-state index contributed by atoms with van der Waals surface area (Å²) in [5.74, 6) is 2.51. The fourth-order valence-corrected chi connectivity index (χ4v) is 4.47. The van der Waals surface area contributed by atoms with Crippen molar-refractivity contribution in [2.45, 2.75) is 83.6 Å². The summed E-state index contributed by atoms with van der Waals surface area (Å²) in [7, 11) is 0. The highest BCUT2D eigenvalue weighted by molar-refractivity contribution is 7.99. The van der Waals surface area contributed by atoms with E-state index in [9.17, 15) is 4.79 Å². The minimum Gasteiger partial charge on any atom is -0.486 e. The van der Waals surface area contributed by atoms with Crippen LogP contribution in [-0.4, -0.2) is 32.5 Å². The van der Waals surface area contributed by atoms with E-state index < -0.39 is 0 Å². The van der Waals surface area contributed by atoms with Crippen molar-refractivity contribution in [1.82, 2.24) is 20.1 Å². The fraction of sp³-hybridized carbons (Fsp3) is 0.609. The van der Waals surface area contributed by atoms with E-state index in [1.807, 2.05) is 12.1 Å². The van der Waals surface area contributed by atoms with Gasteiger partial charge in [0.1, 0.15) is 12.4 Å². The number of carbonyl (C=O) groups excluding carboxylic acids is 1. The van der Waals surface area contributed by atoms with Crippen molar-refractivity contribution >= 4 is 17.7 Å². The lowest BCUT2D eigenvalue weighted by atomic mass is 9.95. The van der Waals surface area contributed by atoms with Crippen LogP contribution in [0, 0.1) is 5.92 Å². The topological polar surface area (TPSA) is 69.0 Å². The number of nitrogens with zero attached hydrogens (tertiary/aromatic N) is 3. The highest BCUT2D eigenvalue weighted by atomic mass is 32.2. The second-order valence-corrected chi connectivity index (χ2v) is 9.32. The van der Waals surface area contributed by atoms with Gasteiger partial charge in [-0.15, -0.1) is 10.2 Å². The molecule has 0 bridgehead atoms. The van der Waals surface area contributed by atoms with Gasteiger partial charge in [-0.1, -0.05) is 63.9 Å². The number of rotatable bonds is 10. The van der Waals surface area contributed by atoms with Crippen molar-refractivity contribution in [1.29, 1.82) is 0 Å². The summed E-state index contributed by atoms with van der Waals surface area (Å²) < 4.78 is 8.03. The summed E-state index contributed by atoms with van der Waals surface area (Å²) in [5.41, 5.74) is 1.29. The predicted octanol–water partition coefficient (Wildman–Crippen LogP) is 4.62. The van der Waals surface area contributed by atoms with E-state index in [4.69, 9.17) is 4.74 Å². The monoisotopic (exact) mass is 430 g/mol. The van der Waals surface area contributed by atoms with Crippen LogP contribution in [0.2, 0.25) is 0 Å². The van der Waals surface area contributed by atoms with Gasteiger partial charge in [0.05, 0.1) is 5.75 Å². The highest BCUT2D eigenvalue weighted by Gasteiger charge is 2.18. The maximum absolute atomic E-state index is 12.4. The van der Waals surface area contributed by atoms with Crippen molar-refractivity contribution in [3.63, 3.8) is 0 Å². The van der Waals surface area contributed by atoms with Gasteiger partial charge in [-0.3, -0.25) is 4.79 Å². The lowest BCUT2D eigenvalue weighted by Crippen LogP contribution is -2.37.